The number of hydrogen-bond acceptors (Lipinski definition) is 3. The van der Waals surface area contributed by atoms with Crippen molar-refractivity contribution in [1.29, 1.82) is 0 Å². The first-order chi connectivity index (χ1) is 8.07. The Labute approximate surface area is 99.8 Å². The maximum absolute atomic E-state index is 12.3. The Bertz CT molecular complexity index is 526. The highest BCUT2D eigenvalue weighted by Gasteiger charge is 2.31. The van der Waals surface area contributed by atoms with Crippen LogP contribution in [0.25, 0.3) is 0 Å². The van der Waals surface area contributed by atoms with Gasteiger partial charge < -0.3 is 5.11 Å². The number of rotatable bonds is 2. The number of carbonyl (C=O) groups is 2. The lowest BCUT2D eigenvalue weighted by molar-refractivity contribution is 0.0959. The van der Waals surface area contributed by atoms with E-state index in [2.05, 4.69) is 0 Å². The van der Waals surface area contributed by atoms with Crippen molar-refractivity contribution in [1.82, 2.24) is 0 Å². The zero-order valence-corrected chi connectivity index (χ0v) is 9.86. The Morgan fingerprint density at radius 2 is 1.65 bits per heavy atom. The third-order valence-corrected chi connectivity index (χ3v) is 3.17. The molecule has 1 aliphatic carbocycles. The van der Waals surface area contributed by atoms with Gasteiger partial charge in [0.15, 0.2) is 11.6 Å². The van der Waals surface area contributed by atoms with E-state index in [1.54, 1.807) is 38.1 Å². The summed E-state index contributed by atoms with van der Waals surface area (Å²) in [5.41, 5.74) is 1.80. The van der Waals surface area contributed by atoms with Gasteiger partial charge in [0.2, 0.25) is 0 Å². The van der Waals surface area contributed by atoms with Crippen LogP contribution < -0.4 is 0 Å². The Morgan fingerprint density at radius 1 is 1.12 bits per heavy atom. The monoisotopic (exact) mass is 230 g/mol. The van der Waals surface area contributed by atoms with Crippen molar-refractivity contribution in [2.75, 3.05) is 6.61 Å². The molecule has 1 aliphatic rings. The van der Waals surface area contributed by atoms with Gasteiger partial charge in [0, 0.05) is 34.8 Å². The molecule has 0 saturated carbocycles. The van der Waals surface area contributed by atoms with Gasteiger partial charge in [-0.15, -0.1) is 0 Å². The molecule has 1 unspecified atom stereocenters. The highest BCUT2D eigenvalue weighted by molar-refractivity contribution is 6.26. The lowest BCUT2D eigenvalue weighted by atomic mass is 9.80. The largest absolute Gasteiger partial charge is 0.396 e. The fourth-order valence-electron chi connectivity index (χ4n) is 2.20. The lowest BCUT2D eigenvalue weighted by Crippen LogP contribution is -2.25. The van der Waals surface area contributed by atoms with Gasteiger partial charge in [0.05, 0.1) is 0 Å². The molecule has 0 radical (unpaired) electrons. The maximum Gasteiger partial charge on any atom is 0.190 e. The molecule has 1 aromatic carbocycles. The minimum atomic E-state index is -0.306. The van der Waals surface area contributed by atoms with Gasteiger partial charge in [-0.3, -0.25) is 9.59 Å². The molecule has 1 atom stereocenters. The maximum atomic E-state index is 12.3. The Morgan fingerprint density at radius 3 is 2.18 bits per heavy atom. The first kappa shape index (κ1) is 11.7. The number of Topliss-reactive ketones (excluding diaryl/α,β-unsaturated/α-hetero) is 2. The van der Waals surface area contributed by atoms with E-state index in [1.165, 1.54) is 0 Å². The van der Waals surface area contributed by atoms with Crippen molar-refractivity contribution < 1.29 is 14.7 Å². The number of allylic oxidation sites excluding steroid dienone is 1. The predicted octanol–water partition coefficient (Wildman–Crippen LogP) is 2.01. The minimum Gasteiger partial charge on any atom is -0.396 e. The molecule has 0 bridgehead atoms. The summed E-state index contributed by atoms with van der Waals surface area (Å²) in [5, 5.41) is 9.16. The van der Waals surface area contributed by atoms with E-state index in [1.807, 2.05) is 0 Å². The normalized spacial score (nSPS) is 17.1. The SMILES string of the molecule is CC1=C(C(C)CO)C(=O)c2ccccc2C1=O. The third-order valence-electron chi connectivity index (χ3n) is 3.17. The lowest BCUT2D eigenvalue weighted by Gasteiger charge is -2.22. The average molecular weight is 230 g/mol. The molecule has 1 aromatic rings. The van der Waals surface area contributed by atoms with E-state index in [9.17, 15) is 9.59 Å². The first-order valence-electron chi connectivity index (χ1n) is 5.58. The summed E-state index contributed by atoms with van der Waals surface area (Å²) in [4.78, 5) is 24.4. The minimum absolute atomic E-state index is 0.115. The zero-order chi connectivity index (χ0) is 12.6. The molecule has 1 N–H and O–H groups in total. The van der Waals surface area contributed by atoms with Crippen LogP contribution in [0.15, 0.2) is 35.4 Å². The van der Waals surface area contributed by atoms with E-state index < -0.39 is 0 Å². The second-order valence-electron chi connectivity index (χ2n) is 4.33. The fraction of sp³-hybridized carbons (Fsp3) is 0.286. The van der Waals surface area contributed by atoms with E-state index in [0.717, 1.165) is 0 Å². The molecule has 0 heterocycles. The highest BCUT2D eigenvalue weighted by atomic mass is 16.3. The Hall–Kier alpha value is -1.74. The molecule has 88 valence electrons. The second-order valence-corrected chi connectivity index (χ2v) is 4.33. The van der Waals surface area contributed by atoms with Crippen LogP contribution in [0.1, 0.15) is 34.6 Å². The molecule has 0 aliphatic heterocycles. The van der Waals surface area contributed by atoms with Crippen molar-refractivity contribution in [3.8, 4) is 0 Å². The van der Waals surface area contributed by atoms with Crippen LogP contribution in [0, 0.1) is 5.92 Å². The molecular weight excluding hydrogens is 216 g/mol. The van der Waals surface area contributed by atoms with Crippen LogP contribution in [-0.2, 0) is 0 Å². The number of aliphatic hydroxyl groups excluding tert-OH is 1. The van der Waals surface area contributed by atoms with Crippen LogP contribution in [0.5, 0.6) is 0 Å². The molecule has 17 heavy (non-hydrogen) atoms. The summed E-state index contributed by atoms with van der Waals surface area (Å²) in [6, 6.07) is 6.81. The van der Waals surface area contributed by atoms with Crippen molar-refractivity contribution in [2.24, 2.45) is 5.92 Å². The van der Waals surface area contributed by atoms with Crippen LogP contribution in [0.3, 0.4) is 0 Å². The van der Waals surface area contributed by atoms with Crippen molar-refractivity contribution in [2.45, 2.75) is 13.8 Å². The smallest absolute Gasteiger partial charge is 0.190 e. The summed E-state index contributed by atoms with van der Waals surface area (Å²) in [6.07, 6.45) is 0. The van der Waals surface area contributed by atoms with Gasteiger partial charge in [-0.05, 0) is 6.92 Å². The molecule has 3 heteroatoms. The van der Waals surface area contributed by atoms with Gasteiger partial charge in [-0.1, -0.05) is 31.2 Å². The number of aliphatic hydroxyl groups is 1. The predicted molar refractivity (Wildman–Crippen MR) is 64.1 cm³/mol. The molecule has 0 aromatic heterocycles. The Balaban J connectivity index is 2.62. The summed E-state index contributed by atoms with van der Waals surface area (Å²) in [6.45, 7) is 3.27. The Kier molecular flexibility index (Phi) is 2.94. The van der Waals surface area contributed by atoms with Crippen molar-refractivity contribution in [3.63, 3.8) is 0 Å². The van der Waals surface area contributed by atoms with E-state index >= 15 is 0 Å². The van der Waals surface area contributed by atoms with Gasteiger partial charge in [-0.25, -0.2) is 0 Å². The molecular formula is C14H14O3. The van der Waals surface area contributed by atoms with Crippen LogP contribution in [0.2, 0.25) is 0 Å². The van der Waals surface area contributed by atoms with E-state index in [0.29, 0.717) is 22.3 Å². The number of ketones is 2. The van der Waals surface area contributed by atoms with E-state index in [-0.39, 0.29) is 24.1 Å². The van der Waals surface area contributed by atoms with Crippen molar-refractivity contribution >= 4 is 11.6 Å². The molecule has 0 saturated heterocycles. The summed E-state index contributed by atoms with van der Waals surface area (Å²) >= 11 is 0. The number of benzene rings is 1. The summed E-state index contributed by atoms with van der Waals surface area (Å²) < 4.78 is 0. The molecule has 3 nitrogen and oxygen atoms in total. The van der Waals surface area contributed by atoms with Crippen molar-refractivity contribution in [3.05, 3.63) is 46.5 Å². The number of fused-ring (bicyclic) bond motifs is 1. The number of hydrogen-bond donors (Lipinski definition) is 1. The van der Waals surface area contributed by atoms with Gasteiger partial charge in [0.25, 0.3) is 0 Å². The van der Waals surface area contributed by atoms with Crippen LogP contribution in [0.4, 0.5) is 0 Å². The van der Waals surface area contributed by atoms with Crippen LogP contribution >= 0.6 is 0 Å². The topological polar surface area (TPSA) is 54.4 Å². The quantitative estimate of drug-likeness (QED) is 0.845. The molecule has 0 spiro atoms. The van der Waals surface area contributed by atoms with Gasteiger partial charge in [-0.2, -0.15) is 0 Å². The zero-order valence-electron chi connectivity index (χ0n) is 9.86. The summed E-state index contributed by atoms with van der Waals surface area (Å²) in [5.74, 6) is -0.561. The van der Waals surface area contributed by atoms with Gasteiger partial charge >= 0.3 is 0 Å². The average Bonchev–Trinajstić information content (AvgIpc) is 2.36. The molecule has 0 amide bonds. The third kappa shape index (κ3) is 1.72. The second kappa shape index (κ2) is 4.26. The number of carbonyl (C=O) groups excluding carboxylic acids is 2. The van der Waals surface area contributed by atoms with Crippen LogP contribution in [-0.4, -0.2) is 23.3 Å². The van der Waals surface area contributed by atoms with Gasteiger partial charge in [0.1, 0.15) is 0 Å². The first-order valence-corrected chi connectivity index (χ1v) is 5.58. The summed E-state index contributed by atoms with van der Waals surface area (Å²) in [7, 11) is 0. The highest BCUT2D eigenvalue weighted by Crippen LogP contribution is 2.29. The fourth-order valence-corrected chi connectivity index (χ4v) is 2.20. The molecule has 0 fully saturated rings. The van der Waals surface area contributed by atoms with E-state index in [4.69, 9.17) is 5.11 Å². The standard InChI is InChI=1S/C14H14O3/c1-8(7-15)12-9(2)13(16)10-5-3-4-6-11(10)14(12)17/h3-6,8,15H,7H2,1-2H3. The molecule has 2 rings (SSSR count).